The SMILES string of the molecule is CCCC[C@H](NC(=O)OCC1c2ccccc2-c2ccccc21)C(=O)N(C)[C@@H](Cc1ccccc1)C(=O)O. The number of rotatable bonds is 11. The number of benzene rings is 3. The molecule has 4 rings (SSSR count). The van der Waals surface area contributed by atoms with Crippen molar-refractivity contribution in [1.82, 2.24) is 10.2 Å². The summed E-state index contributed by atoms with van der Waals surface area (Å²) in [5.74, 6) is -1.64. The van der Waals surface area contributed by atoms with Crippen molar-refractivity contribution >= 4 is 18.0 Å². The van der Waals surface area contributed by atoms with E-state index in [9.17, 15) is 19.5 Å². The molecule has 198 valence electrons. The first-order chi connectivity index (χ1) is 18.4. The molecule has 0 unspecified atom stereocenters. The normalized spacial score (nSPS) is 13.6. The van der Waals surface area contributed by atoms with E-state index in [-0.39, 0.29) is 18.9 Å². The second-order valence-electron chi connectivity index (χ2n) is 9.66. The number of hydrogen-bond acceptors (Lipinski definition) is 4. The third-order valence-corrected chi connectivity index (χ3v) is 7.15. The molecule has 1 aliphatic carbocycles. The largest absolute Gasteiger partial charge is 0.480 e. The van der Waals surface area contributed by atoms with Gasteiger partial charge in [-0.3, -0.25) is 4.79 Å². The van der Waals surface area contributed by atoms with Crippen LogP contribution in [0.1, 0.15) is 48.8 Å². The van der Waals surface area contributed by atoms with Crippen LogP contribution in [-0.2, 0) is 20.7 Å². The molecule has 0 saturated heterocycles. The van der Waals surface area contributed by atoms with Crippen molar-refractivity contribution in [1.29, 1.82) is 0 Å². The summed E-state index contributed by atoms with van der Waals surface area (Å²) in [4.78, 5) is 39.6. The zero-order valence-corrected chi connectivity index (χ0v) is 21.8. The minimum atomic E-state index is -1.10. The van der Waals surface area contributed by atoms with Crippen molar-refractivity contribution in [3.63, 3.8) is 0 Å². The maximum Gasteiger partial charge on any atom is 0.407 e. The number of unbranched alkanes of at least 4 members (excludes halogenated alkanes) is 1. The molecular weight excluding hydrogens is 480 g/mol. The Morgan fingerprint density at radius 2 is 1.50 bits per heavy atom. The highest BCUT2D eigenvalue weighted by Gasteiger charge is 2.33. The highest BCUT2D eigenvalue weighted by atomic mass is 16.5. The van der Waals surface area contributed by atoms with Gasteiger partial charge in [-0.05, 0) is 34.2 Å². The third kappa shape index (κ3) is 6.05. The van der Waals surface area contributed by atoms with E-state index >= 15 is 0 Å². The number of alkyl carbamates (subject to hydrolysis) is 1. The van der Waals surface area contributed by atoms with E-state index in [1.807, 2.05) is 73.7 Å². The summed E-state index contributed by atoms with van der Waals surface area (Å²) in [6, 6.07) is 23.4. The lowest BCUT2D eigenvalue weighted by molar-refractivity contribution is -0.149. The number of carboxylic acids is 1. The number of carboxylic acid groups (broad SMARTS) is 1. The molecular formula is C31H34N2O5. The van der Waals surface area contributed by atoms with Gasteiger partial charge in [0.25, 0.3) is 0 Å². The van der Waals surface area contributed by atoms with Crippen molar-refractivity contribution in [2.45, 2.75) is 50.6 Å². The standard InChI is InChI=1S/C31H34N2O5/c1-3-4-18-27(29(34)33(2)28(30(35)36)19-21-12-6-5-7-13-21)32-31(37)38-20-26-24-16-10-8-14-22(24)23-15-9-11-17-25(23)26/h5-17,26-28H,3-4,18-20H2,1-2H3,(H,32,37)(H,35,36)/t27-,28-/m0/s1. The van der Waals surface area contributed by atoms with Crippen molar-refractivity contribution in [2.75, 3.05) is 13.7 Å². The molecule has 2 atom stereocenters. The Balaban J connectivity index is 1.43. The van der Waals surface area contributed by atoms with E-state index in [0.29, 0.717) is 12.8 Å². The van der Waals surface area contributed by atoms with E-state index in [0.717, 1.165) is 34.2 Å². The van der Waals surface area contributed by atoms with Gasteiger partial charge in [-0.15, -0.1) is 0 Å². The van der Waals surface area contributed by atoms with Gasteiger partial charge in [0.05, 0.1) is 0 Å². The molecule has 3 aromatic carbocycles. The first-order valence-electron chi connectivity index (χ1n) is 13.1. The smallest absolute Gasteiger partial charge is 0.407 e. The Morgan fingerprint density at radius 3 is 2.08 bits per heavy atom. The van der Waals surface area contributed by atoms with Gasteiger partial charge in [-0.2, -0.15) is 0 Å². The summed E-state index contributed by atoms with van der Waals surface area (Å²) in [6.45, 7) is 2.13. The van der Waals surface area contributed by atoms with Crippen LogP contribution in [0.15, 0.2) is 78.9 Å². The van der Waals surface area contributed by atoms with Crippen LogP contribution in [0, 0.1) is 0 Å². The quantitative estimate of drug-likeness (QED) is 0.365. The number of nitrogens with zero attached hydrogens (tertiary/aromatic N) is 1. The van der Waals surface area contributed by atoms with Gasteiger partial charge in [0.15, 0.2) is 0 Å². The number of carbonyl (C=O) groups is 3. The summed E-state index contributed by atoms with van der Waals surface area (Å²) in [5.41, 5.74) is 5.28. The lowest BCUT2D eigenvalue weighted by Gasteiger charge is -2.29. The van der Waals surface area contributed by atoms with Crippen molar-refractivity contribution in [3.8, 4) is 11.1 Å². The number of fused-ring (bicyclic) bond motifs is 3. The maximum absolute atomic E-state index is 13.4. The first-order valence-corrected chi connectivity index (χ1v) is 13.1. The lowest BCUT2D eigenvalue weighted by atomic mass is 9.98. The molecule has 38 heavy (non-hydrogen) atoms. The minimum absolute atomic E-state index is 0.0946. The van der Waals surface area contributed by atoms with Gasteiger partial charge in [-0.1, -0.05) is 98.6 Å². The fraction of sp³-hybridized carbons (Fsp3) is 0.323. The molecule has 0 heterocycles. The van der Waals surface area contributed by atoms with Crippen LogP contribution in [0.5, 0.6) is 0 Å². The molecule has 0 saturated carbocycles. The number of nitrogens with one attached hydrogen (secondary N) is 1. The molecule has 2 N–H and O–H groups in total. The number of likely N-dealkylation sites (N-methyl/N-ethyl adjacent to an activating group) is 1. The Kier molecular flexibility index (Phi) is 8.79. The topological polar surface area (TPSA) is 95.9 Å². The van der Waals surface area contributed by atoms with E-state index in [1.54, 1.807) is 0 Å². The van der Waals surface area contributed by atoms with Gasteiger partial charge in [0.1, 0.15) is 18.7 Å². The fourth-order valence-corrected chi connectivity index (χ4v) is 5.07. The Morgan fingerprint density at radius 1 is 0.921 bits per heavy atom. The molecule has 0 fully saturated rings. The van der Waals surface area contributed by atoms with Crippen LogP contribution in [0.25, 0.3) is 11.1 Å². The number of carbonyl (C=O) groups excluding carboxylic acids is 2. The van der Waals surface area contributed by atoms with E-state index in [4.69, 9.17) is 4.74 Å². The van der Waals surface area contributed by atoms with Gasteiger partial charge in [0, 0.05) is 19.4 Å². The first kappa shape index (κ1) is 26.9. The van der Waals surface area contributed by atoms with E-state index in [2.05, 4.69) is 17.4 Å². The molecule has 0 bridgehead atoms. The molecule has 7 nitrogen and oxygen atoms in total. The number of ether oxygens (including phenoxy) is 1. The molecule has 0 aliphatic heterocycles. The zero-order valence-electron chi connectivity index (χ0n) is 21.8. The summed E-state index contributed by atoms with van der Waals surface area (Å²) < 4.78 is 5.65. The Hall–Kier alpha value is -4.13. The predicted molar refractivity (Wildman–Crippen MR) is 146 cm³/mol. The van der Waals surface area contributed by atoms with Crippen LogP contribution < -0.4 is 5.32 Å². The van der Waals surface area contributed by atoms with Gasteiger partial charge in [-0.25, -0.2) is 9.59 Å². The summed E-state index contributed by atoms with van der Waals surface area (Å²) in [7, 11) is 1.47. The zero-order chi connectivity index (χ0) is 27.1. The van der Waals surface area contributed by atoms with Crippen LogP contribution in [0.2, 0.25) is 0 Å². The van der Waals surface area contributed by atoms with E-state index < -0.39 is 30.1 Å². The molecule has 7 heteroatoms. The number of aliphatic carboxylic acids is 1. The Bertz CT molecular complexity index is 1230. The van der Waals surface area contributed by atoms with Crippen molar-refractivity contribution in [2.24, 2.45) is 0 Å². The van der Waals surface area contributed by atoms with Gasteiger partial charge in [0.2, 0.25) is 5.91 Å². The average molecular weight is 515 g/mol. The summed E-state index contributed by atoms with van der Waals surface area (Å²) in [5, 5.41) is 12.6. The van der Waals surface area contributed by atoms with Gasteiger partial charge < -0.3 is 20.1 Å². The molecule has 0 aromatic heterocycles. The Labute approximate surface area is 223 Å². The number of amides is 2. The van der Waals surface area contributed by atoms with Crippen molar-refractivity contribution < 1.29 is 24.2 Å². The monoisotopic (exact) mass is 514 g/mol. The van der Waals surface area contributed by atoms with Crippen molar-refractivity contribution in [3.05, 3.63) is 95.6 Å². The molecule has 2 amide bonds. The third-order valence-electron chi connectivity index (χ3n) is 7.15. The molecule has 1 aliphatic rings. The predicted octanol–water partition coefficient (Wildman–Crippen LogP) is 5.24. The summed E-state index contributed by atoms with van der Waals surface area (Å²) >= 11 is 0. The second-order valence-corrected chi connectivity index (χ2v) is 9.66. The molecule has 0 radical (unpaired) electrons. The fourth-order valence-electron chi connectivity index (χ4n) is 5.07. The average Bonchev–Trinajstić information content (AvgIpc) is 3.26. The van der Waals surface area contributed by atoms with Crippen LogP contribution in [-0.4, -0.2) is 53.7 Å². The highest BCUT2D eigenvalue weighted by molar-refractivity contribution is 5.89. The van der Waals surface area contributed by atoms with E-state index in [1.165, 1.54) is 11.9 Å². The lowest BCUT2D eigenvalue weighted by Crippen LogP contribution is -2.53. The van der Waals surface area contributed by atoms with Crippen LogP contribution in [0.3, 0.4) is 0 Å². The maximum atomic E-state index is 13.4. The van der Waals surface area contributed by atoms with Crippen LogP contribution in [0.4, 0.5) is 4.79 Å². The second kappa shape index (κ2) is 12.4. The number of hydrogen-bond donors (Lipinski definition) is 2. The highest BCUT2D eigenvalue weighted by Crippen LogP contribution is 2.44. The summed E-state index contributed by atoms with van der Waals surface area (Å²) in [6.07, 6.45) is 1.40. The molecule has 3 aromatic rings. The molecule has 0 spiro atoms. The minimum Gasteiger partial charge on any atom is -0.480 e. The van der Waals surface area contributed by atoms with Gasteiger partial charge >= 0.3 is 12.1 Å². The van der Waals surface area contributed by atoms with Crippen LogP contribution >= 0.6 is 0 Å².